The van der Waals surface area contributed by atoms with Gasteiger partial charge < -0.3 is 10.3 Å². The van der Waals surface area contributed by atoms with Gasteiger partial charge in [0.05, 0.1) is 11.9 Å². The molecular weight excluding hydrogens is 321 g/mol. The lowest BCUT2D eigenvalue weighted by atomic mass is 9.96. The molecule has 1 aliphatic rings. The van der Waals surface area contributed by atoms with E-state index in [1.165, 1.54) is 18.9 Å². The molecule has 0 radical (unpaired) electrons. The Morgan fingerprint density at radius 2 is 2.30 bits per heavy atom. The van der Waals surface area contributed by atoms with Crippen molar-refractivity contribution in [2.75, 3.05) is 13.1 Å². The van der Waals surface area contributed by atoms with E-state index in [2.05, 4.69) is 31.2 Å². The number of rotatable bonds is 3. The van der Waals surface area contributed by atoms with Crippen molar-refractivity contribution in [2.45, 2.75) is 19.3 Å². The lowest BCUT2D eigenvalue weighted by Crippen LogP contribution is -2.31. The van der Waals surface area contributed by atoms with Crippen molar-refractivity contribution >= 4 is 15.9 Å². The fourth-order valence-corrected chi connectivity index (χ4v) is 3.04. The van der Waals surface area contributed by atoms with Crippen molar-refractivity contribution in [2.24, 2.45) is 5.92 Å². The van der Waals surface area contributed by atoms with Gasteiger partial charge in [-0.3, -0.25) is 0 Å². The first-order valence-corrected chi connectivity index (χ1v) is 7.71. The second kappa shape index (κ2) is 6.06. The van der Waals surface area contributed by atoms with E-state index >= 15 is 0 Å². The van der Waals surface area contributed by atoms with Crippen LogP contribution >= 0.6 is 15.9 Å². The Hall–Kier alpha value is -1.20. The standard InChI is InChI=1S/C15H17BrFN3/c16-11-3-4-13(17)12(7-11)14-9-19-15(20-14)6-10-2-1-5-18-8-10/h3-4,7,9-10,18H,1-2,5-6,8H2,(H,19,20). The Kier molecular flexibility index (Phi) is 4.17. The molecule has 0 saturated carbocycles. The minimum absolute atomic E-state index is 0.234. The summed E-state index contributed by atoms with van der Waals surface area (Å²) in [4.78, 5) is 7.64. The normalized spacial score (nSPS) is 19.2. The maximum Gasteiger partial charge on any atom is 0.132 e. The largest absolute Gasteiger partial charge is 0.342 e. The highest BCUT2D eigenvalue weighted by Gasteiger charge is 2.16. The Morgan fingerprint density at radius 1 is 1.40 bits per heavy atom. The summed E-state index contributed by atoms with van der Waals surface area (Å²) in [6, 6.07) is 4.93. The number of aromatic nitrogens is 2. The monoisotopic (exact) mass is 337 g/mol. The summed E-state index contributed by atoms with van der Waals surface area (Å²) in [5.74, 6) is 1.32. The van der Waals surface area contributed by atoms with Crippen LogP contribution < -0.4 is 5.32 Å². The summed E-state index contributed by atoms with van der Waals surface area (Å²) in [5.41, 5.74) is 1.29. The number of nitrogens with one attached hydrogen (secondary N) is 2. The summed E-state index contributed by atoms with van der Waals surface area (Å²) < 4.78 is 14.7. The predicted octanol–water partition coefficient (Wildman–Crippen LogP) is 3.52. The predicted molar refractivity (Wildman–Crippen MR) is 81.0 cm³/mol. The van der Waals surface area contributed by atoms with Crippen LogP contribution in [0.1, 0.15) is 18.7 Å². The number of piperidine rings is 1. The summed E-state index contributed by atoms with van der Waals surface area (Å²) in [7, 11) is 0. The van der Waals surface area contributed by atoms with Crippen molar-refractivity contribution in [3.8, 4) is 11.3 Å². The first-order chi connectivity index (χ1) is 9.72. The van der Waals surface area contributed by atoms with Gasteiger partial charge in [-0.1, -0.05) is 15.9 Å². The van der Waals surface area contributed by atoms with Crippen LogP contribution in [0.4, 0.5) is 4.39 Å². The molecule has 2 aromatic rings. The topological polar surface area (TPSA) is 40.7 Å². The first kappa shape index (κ1) is 13.8. The number of halogens is 2. The minimum atomic E-state index is -0.234. The van der Waals surface area contributed by atoms with Gasteiger partial charge in [0.15, 0.2) is 0 Å². The van der Waals surface area contributed by atoms with E-state index < -0.39 is 0 Å². The maximum absolute atomic E-state index is 13.8. The lowest BCUT2D eigenvalue weighted by Gasteiger charge is -2.21. The third-order valence-corrected chi connectivity index (χ3v) is 4.22. The van der Waals surface area contributed by atoms with Crippen LogP contribution in [0.25, 0.3) is 11.3 Å². The van der Waals surface area contributed by atoms with E-state index in [0.29, 0.717) is 11.5 Å². The number of hydrogen-bond acceptors (Lipinski definition) is 2. The number of imidazole rings is 1. The molecule has 106 valence electrons. The molecule has 0 aliphatic carbocycles. The zero-order valence-corrected chi connectivity index (χ0v) is 12.7. The first-order valence-electron chi connectivity index (χ1n) is 6.92. The van der Waals surface area contributed by atoms with Gasteiger partial charge in [0.1, 0.15) is 11.6 Å². The molecule has 0 spiro atoms. The summed E-state index contributed by atoms with van der Waals surface area (Å²) in [6.45, 7) is 2.16. The Bertz CT molecular complexity index is 591. The Labute approximate surface area is 126 Å². The van der Waals surface area contributed by atoms with Crippen molar-refractivity contribution in [1.82, 2.24) is 15.3 Å². The highest BCUT2D eigenvalue weighted by Crippen LogP contribution is 2.25. The van der Waals surface area contributed by atoms with E-state index in [1.807, 2.05) is 0 Å². The van der Waals surface area contributed by atoms with Crippen LogP contribution in [-0.2, 0) is 6.42 Å². The molecule has 1 aromatic carbocycles. The average Bonchev–Trinajstić information content (AvgIpc) is 2.91. The molecule has 1 saturated heterocycles. The molecule has 5 heteroatoms. The van der Waals surface area contributed by atoms with Crippen LogP contribution in [0.5, 0.6) is 0 Å². The van der Waals surface area contributed by atoms with Gasteiger partial charge in [-0.05, 0) is 50.0 Å². The second-order valence-corrected chi connectivity index (χ2v) is 6.20. The molecule has 1 atom stereocenters. The zero-order chi connectivity index (χ0) is 13.9. The van der Waals surface area contributed by atoms with Gasteiger partial charge in [0.2, 0.25) is 0 Å². The number of nitrogens with zero attached hydrogens (tertiary/aromatic N) is 1. The quantitative estimate of drug-likeness (QED) is 0.899. The van der Waals surface area contributed by atoms with E-state index in [1.54, 1.807) is 18.3 Å². The summed E-state index contributed by atoms with van der Waals surface area (Å²) in [5, 5.41) is 3.40. The lowest BCUT2D eigenvalue weighted by molar-refractivity contribution is 0.371. The number of hydrogen-bond donors (Lipinski definition) is 2. The highest BCUT2D eigenvalue weighted by atomic mass is 79.9. The Balaban J connectivity index is 1.77. The van der Waals surface area contributed by atoms with Gasteiger partial charge in [-0.25, -0.2) is 9.37 Å². The van der Waals surface area contributed by atoms with Gasteiger partial charge in [-0.2, -0.15) is 0 Å². The zero-order valence-electron chi connectivity index (χ0n) is 11.1. The number of H-pyrrole nitrogens is 1. The van der Waals surface area contributed by atoms with E-state index in [4.69, 9.17) is 0 Å². The molecular formula is C15H17BrFN3. The van der Waals surface area contributed by atoms with E-state index in [9.17, 15) is 4.39 Å². The molecule has 0 amide bonds. The minimum Gasteiger partial charge on any atom is -0.342 e. The van der Waals surface area contributed by atoms with Gasteiger partial charge in [-0.15, -0.1) is 0 Å². The van der Waals surface area contributed by atoms with E-state index in [0.717, 1.165) is 35.5 Å². The van der Waals surface area contributed by atoms with Crippen LogP contribution in [0.2, 0.25) is 0 Å². The number of benzene rings is 1. The molecule has 1 fully saturated rings. The van der Waals surface area contributed by atoms with Gasteiger partial charge >= 0.3 is 0 Å². The molecule has 20 heavy (non-hydrogen) atoms. The molecule has 1 aliphatic heterocycles. The van der Waals surface area contributed by atoms with Crippen molar-refractivity contribution in [3.63, 3.8) is 0 Å². The summed E-state index contributed by atoms with van der Waals surface area (Å²) in [6.07, 6.45) is 5.09. The van der Waals surface area contributed by atoms with Gasteiger partial charge in [0, 0.05) is 16.5 Å². The molecule has 1 aromatic heterocycles. The molecule has 3 nitrogen and oxygen atoms in total. The molecule has 3 rings (SSSR count). The molecule has 0 bridgehead atoms. The maximum atomic E-state index is 13.8. The molecule has 2 heterocycles. The molecule has 1 unspecified atom stereocenters. The fourth-order valence-electron chi connectivity index (χ4n) is 2.68. The van der Waals surface area contributed by atoms with Crippen LogP contribution in [0, 0.1) is 11.7 Å². The SMILES string of the molecule is Fc1ccc(Br)cc1-c1cnc(CC2CCCNC2)[nH]1. The summed E-state index contributed by atoms with van der Waals surface area (Å²) >= 11 is 3.37. The van der Waals surface area contributed by atoms with Crippen molar-refractivity contribution < 1.29 is 4.39 Å². The van der Waals surface area contributed by atoms with Gasteiger partial charge in [0.25, 0.3) is 0 Å². The Morgan fingerprint density at radius 3 is 3.10 bits per heavy atom. The highest BCUT2D eigenvalue weighted by molar-refractivity contribution is 9.10. The van der Waals surface area contributed by atoms with Crippen LogP contribution in [0.3, 0.4) is 0 Å². The fraction of sp³-hybridized carbons (Fsp3) is 0.400. The third kappa shape index (κ3) is 3.10. The third-order valence-electron chi connectivity index (χ3n) is 3.73. The second-order valence-electron chi connectivity index (χ2n) is 5.28. The molecule has 2 N–H and O–H groups in total. The van der Waals surface area contributed by atoms with Crippen LogP contribution in [-0.4, -0.2) is 23.1 Å². The van der Waals surface area contributed by atoms with Crippen molar-refractivity contribution in [3.05, 3.63) is 40.5 Å². The smallest absolute Gasteiger partial charge is 0.132 e. The van der Waals surface area contributed by atoms with Crippen molar-refractivity contribution in [1.29, 1.82) is 0 Å². The average molecular weight is 338 g/mol. The number of aromatic amines is 1. The van der Waals surface area contributed by atoms with Crippen LogP contribution in [0.15, 0.2) is 28.9 Å². The van der Waals surface area contributed by atoms with E-state index in [-0.39, 0.29) is 5.82 Å².